The van der Waals surface area contributed by atoms with Crippen molar-refractivity contribution in [1.29, 1.82) is 0 Å². The van der Waals surface area contributed by atoms with Gasteiger partial charge in [0.2, 0.25) is 0 Å². The Morgan fingerprint density at radius 2 is 1.73 bits per heavy atom. The summed E-state index contributed by atoms with van der Waals surface area (Å²) in [5.74, 6) is 0. The first-order valence-electron chi connectivity index (χ1n) is 4.69. The van der Waals surface area contributed by atoms with Crippen LogP contribution in [0.25, 0.3) is 0 Å². The Bertz CT molecular complexity index is 55.5. The molecule has 0 aromatic heterocycles. The molecule has 0 saturated carbocycles. The zero-order chi connectivity index (χ0) is 9.11. The summed E-state index contributed by atoms with van der Waals surface area (Å²) in [7, 11) is 4.02. The van der Waals surface area contributed by atoms with Gasteiger partial charge in [0.15, 0.2) is 0 Å². The predicted octanol–water partition coefficient (Wildman–Crippen LogP) is 2.27. The lowest BCUT2D eigenvalue weighted by Gasteiger charge is -2.13. The molecule has 0 spiro atoms. The third-order valence-electron chi connectivity index (χ3n) is 1.48. The van der Waals surface area contributed by atoms with Gasteiger partial charge in [0.25, 0.3) is 0 Å². The molecule has 0 bridgehead atoms. The van der Waals surface area contributed by atoms with Crippen molar-refractivity contribution in [1.82, 2.24) is 10.4 Å². The molecule has 0 amide bonds. The maximum atomic E-state index is 3.06. The highest BCUT2D eigenvalue weighted by molar-refractivity contribution is 4.42. The van der Waals surface area contributed by atoms with E-state index in [2.05, 4.69) is 24.4 Å². The quantitative estimate of drug-likeness (QED) is 0.490. The number of hydrogen-bond donors (Lipinski definition) is 1. The summed E-state index contributed by atoms with van der Waals surface area (Å²) in [5.41, 5.74) is 3.06. The fourth-order valence-electron chi connectivity index (χ4n) is 0.711. The molecule has 0 aliphatic rings. The summed E-state index contributed by atoms with van der Waals surface area (Å²) in [6.45, 7) is 7.38. The molecule has 0 rings (SSSR count). The van der Waals surface area contributed by atoms with E-state index < -0.39 is 0 Å². The first-order chi connectivity index (χ1) is 5.31. The zero-order valence-electron chi connectivity index (χ0n) is 8.78. The molecule has 0 saturated heterocycles. The standard InChI is InChI=1S/C7H18N2.C2H6/c1-4-5-6-7-9(3)8-2;1-2/h8H,4-7H2,1-3H3;1-2H3. The lowest BCUT2D eigenvalue weighted by atomic mass is 10.2. The Hall–Kier alpha value is -0.0800. The number of hydrazine groups is 1. The number of unbranched alkanes of at least 4 members (excludes halogenated alkanes) is 2. The van der Waals surface area contributed by atoms with E-state index in [1.54, 1.807) is 0 Å². The Balaban J connectivity index is 0. The first-order valence-corrected chi connectivity index (χ1v) is 4.69. The average Bonchev–Trinajstić information content (AvgIpc) is 2.08. The van der Waals surface area contributed by atoms with E-state index in [9.17, 15) is 0 Å². The van der Waals surface area contributed by atoms with E-state index in [1.165, 1.54) is 19.3 Å². The van der Waals surface area contributed by atoms with Crippen LogP contribution < -0.4 is 5.43 Å². The van der Waals surface area contributed by atoms with E-state index in [-0.39, 0.29) is 0 Å². The molecular formula is C9H24N2. The molecule has 1 N–H and O–H groups in total. The van der Waals surface area contributed by atoms with Gasteiger partial charge in [-0.2, -0.15) is 0 Å². The van der Waals surface area contributed by atoms with Gasteiger partial charge in [-0.1, -0.05) is 33.6 Å². The smallest absolute Gasteiger partial charge is 0.0127 e. The Labute approximate surface area is 71.9 Å². The van der Waals surface area contributed by atoms with Crippen LogP contribution in [0.4, 0.5) is 0 Å². The minimum absolute atomic E-state index is 1.16. The molecule has 0 radical (unpaired) electrons. The molecule has 2 heteroatoms. The highest BCUT2D eigenvalue weighted by Crippen LogP contribution is 1.93. The fraction of sp³-hybridized carbons (Fsp3) is 1.00. The molecule has 0 atom stereocenters. The second-order valence-electron chi connectivity index (χ2n) is 2.35. The number of hydrogen-bond acceptors (Lipinski definition) is 2. The minimum Gasteiger partial charge on any atom is -0.259 e. The van der Waals surface area contributed by atoms with Crippen molar-refractivity contribution < 1.29 is 0 Å². The normalized spacial score (nSPS) is 9.27. The molecular weight excluding hydrogens is 136 g/mol. The molecule has 0 aromatic rings. The van der Waals surface area contributed by atoms with Crippen molar-refractivity contribution in [2.45, 2.75) is 40.0 Å². The molecule has 0 aliphatic heterocycles. The van der Waals surface area contributed by atoms with Gasteiger partial charge in [-0.3, -0.25) is 5.43 Å². The summed E-state index contributed by atoms with van der Waals surface area (Å²) in [5, 5.41) is 2.11. The van der Waals surface area contributed by atoms with Gasteiger partial charge in [-0.25, -0.2) is 5.01 Å². The van der Waals surface area contributed by atoms with Crippen LogP contribution in [0.2, 0.25) is 0 Å². The SMILES string of the molecule is CC.CCCCCN(C)NC. The van der Waals surface area contributed by atoms with Crippen molar-refractivity contribution in [2.75, 3.05) is 20.6 Å². The Morgan fingerprint density at radius 3 is 2.09 bits per heavy atom. The number of nitrogens with one attached hydrogen (secondary N) is 1. The largest absolute Gasteiger partial charge is 0.259 e. The molecule has 0 unspecified atom stereocenters. The van der Waals surface area contributed by atoms with Crippen LogP contribution in [0.3, 0.4) is 0 Å². The van der Waals surface area contributed by atoms with Gasteiger partial charge >= 0.3 is 0 Å². The van der Waals surface area contributed by atoms with Crippen LogP contribution in [0.5, 0.6) is 0 Å². The first kappa shape index (κ1) is 13.5. The molecule has 2 nitrogen and oxygen atoms in total. The highest BCUT2D eigenvalue weighted by atomic mass is 15.5. The number of nitrogens with zero attached hydrogens (tertiary/aromatic N) is 1. The summed E-state index contributed by atoms with van der Waals surface area (Å²) in [4.78, 5) is 0. The van der Waals surface area contributed by atoms with Crippen molar-refractivity contribution in [3.05, 3.63) is 0 Å². The molecule has 0 aromatic carbocycles. The maximum absolute atomic E-state index is 3.06. The third-order valence-corrected chi connectivity index (χ3v) is 1.48. The van der Waals surface area contributed by atoms with Crippen LogP contribution in [-0.2, 0) is 0 Å². The average molecular weight is 160 g/mol. The van der Waals surface area contributed by atoms with E-state index in [0.29, 0.717) is 0 Å². The molecule has 70 valence electrons. The minimum atomic E-state index is 1.16. The maximum Gasteiger partial charge on any atom is 0.0127 e. The topological polar surface area (TPSA) is 15.3 Å². The van der Waals surface area contributed by atoms with Crippen molar-refractivity contribution in [3.8, 4) is 0 Å². The van der Waals surface area contributed by atoms with E-state index in [0.717, 1.165) is 6.54 Å². The molecule has 0 aliphatic carbocycles. The summed E-state index contributed by atoms with van der Waals surface area (Å²) in [6.07, 6.45) is 3.94. The lowest BCUT2D eigenvalue weighted by Crippen LogP contribution is -2.31. The van der Waals surface area contributed by atoms with E-state index in [1.807, 2.05) is 20.9 Å². The van der Waals surface area contributed by atoms with Crippen molar-refractivity contribution in [3.63, 3.8) is 0 Å². The Kier molecular flexibility index (Phi) is 15.4. The molecule has 0 fully saturated rings. The van der Waals surface area contributed by atoms with E-state index >= 15 is 0 Å². The Morgan fingerprint density at radius 1 is 1.18 bits per heavy atom. The fourth-order valence-corrected chi connectivity index (χ4v) is 0.711. The monoisotopic (exact) mass is 160 g/mol. The molecule has 11 heavy (non-hydrogen) atoms. The summed E-state index contributed by atoms with van der Waals surface area (Å²) < 4.78 is 0. The van der Waals surface area contributed by atoms with Crippen molar-refractivity contribution in [2.24, 2.45) is 0 Å². The van der Waals surface area contributed by atoms with Crippen LogP contribution >= 0.6 is 0 Å². The highest BCUT2D eigenvalue weighted by Gasteiger charge is 1.90. The van der Waals surface area contributed by atoms with E-state index in [4.69, 9.17) is 0 Å². The van der Waals surface area contributed by atoms with Gasteiger partial charge in [-0.15, -0.1) is 0 Å². The third kappa shape index (κ3) is 13.0. The van der Waals surface area contributed by atoms with Crippen LogP contribution in [0.15, 0.2) is 0 Å². The van der Waals surface area contributed by atoms with Gasteiger partial charge in [-0.05, 0) is 13.5 Å². The number of rotatable bonds is 5. The summed E-state index contributed by atoms with van der Waals surface area (Å²) >= 11 is 0. The van der Waals surface area contributed by atoms with Crippen LogP contribution in [0.1, 0.15) is 40.0 Å². The lowest BCUT2D eigenvalue weighted by molar-refractivity contribution is 0.254. The van der Waals surface area contributed by atoms with Gasteiger partial charge in [0, 0.05) is 13.6 Å². The van der Waals surface area contributed by atoms with Crippen molar-refractivity contribution >= 4 is 0 Å². The second-order valence-corrected chi connectivity index (χ2v) is 2.35. The second kappa shape index (κ2) is 12.6. The van der Waals surface area contributed by atoms with Gasteiger partial charge in [0.1, 0.15) is 0 Å². The zero-order valence-corrected chi connectivity index (χ0v) is 8.78. The van der Waals surface area contributed by atoms with Gasteiger partial charge in [0.05, 0.1) is 0 Å². The molecule has 0 heterocycles. The van der Waals surface area contributed by atoms with Crippen LogP contribution in [-0.4, -0.2) is 25.6 Å². The predicted molar refractivity (Wildman–Crippen MR) is 52.6 cm³/mol. The van der Waals surface area contributed by atoms with Gasteiger partial charge < -0.3 is 0 Å². The summed E-state index contributed by atoms with van der Waals surface area (Å²) in [6, 6.07) is 0. The van der Waals surface area contributed by atoms with Crippen LogP contribution in [0, 0.1) is 0 Å².